The topological polar surface area (TPSA) is 43.9 Å². The lowest BCUT2D eigenvalue weighted by Crippen LogP contribution is -2.34. The Morgan fingerprint density at radius 3 is 1.95 bits per heavy atom. The van der Waals surface area contributed by atoms with Gasteiger partial charge in [-0.2, -0.15) is 0 Å². The molecule has 0 aromatic heterocycles. The maximum absolute atomic E-state index is 14.3. The highest BCUT2D eigenvalue weighted by molar-refractivity contribution is 6.16. The number of nitrogens with zero attached hydrogens (tertiary/aromatic N) is 3. The normalized spacial score (nSPS) is 14.4. The minimum atomic E-state index is -0.191. The molecule has 38 heavy (non-hydrogen) atoms. The van der Waals surface area contributed by atoms with Gasteiger partial charge in [0.2, 0.25) is 0 Å². The van der Waals surface area contributed by atoms with E-state index in [1.807, 2.05) is 48.5 Å². The van der Waals surface area contributed by atoms with Gasteiger partial charge >= 0.3 is 0 Å². The van der Waals surface area contributed by atoms with Crippen LogP contribution in [0.5, 0.6) is 0 Å². The van der Waals surface area contributed by atoms with Gasteiger partial charge in [0.1, 0.15) is 0 Å². The van der Waals surface area contributed by atoms with E-state index in [4.69, 9.17) is 0 Å². The van der Waals surface area contributed by atoms with Gasteiger partial charge in [0, 0.05) is 42.8 Å². The lowest BCUT2D eigenvalue weighted by Gasteiger charge is -2.39. The molecule has 2 heterocycles. The number of para-hydroxylation sites is 3. The Morgan fingerprint density at radius 1 is 0.711 bits per heavy atom. The van der Waals surface area contributed by atoms with Crippen LogP contribution >= 0.6 is 0 Å². The minimum absolute atomic E-state index is 0.191. The third-order valence-corrected chi connectivity index (χ3v) is 7.76. The molecule has 4 aromatic rings. The molecule has 5 nitrogen and oxygen atoms in total. The summed E-state index contributed by atoms with van der Waals surface area (Å²) in [4.78, 5) is 33.0. The van der Waals surface area contributed by atoms with Gasteiger partial charge in [-0.25, -0.2) is 0 Å². The molecule has 0 bridgehead atoms. The molecule has 0 fully saturated rings. The molecular weight excluding hydrogens is 470 g/mol. The van der Waals surface area contributed by atoms with Gasteiger partial charge in [0.05, 0.1) is 16.9 Å². The van der Waals surface area contributed by atoms with Crippen LogP contribution in [-0.2, 0) is 12.8 Å². The van der Waals surface area contributed by atoms with E-state index in [0.717, 1.165) is 67.8 Å². The number of aldehydes is 1. The fraction of sp³-hybridized carbons (Fsp3) is 0.212. The number of aryl methyl sites for hydroxylation is 2. The van der Waals surface area contributed by atoms with Crippen LogP contribution in [0.1, 0.15) is 44.7 Å². The van der Waals surface area contributed by atoms with E-state index in [0.29, 0.717) is 11.1 Å². The molecule has 0 radical (unpaired) electrons. The zero-order valence-corrected chi connectivity index (χ0v) is 21.6. The third-order valence-electron chi connectivity index (χ3n) is 7.76. The van der Waals surface area contributed by atoms with Crippen LogP contribution in [0.25, 0.3) is 0 Å². The number of hydrogen-bond acceptors (Lipinski definition) is 4. The zero-order valence-electron chi connectivity index (χ0n) is 21.6. The van der Waals surface area contributed by atoms with E-state index in [-0.39, 0.29) is 5.91 Å². The van der Waals surface area contributed by atoms with Crippen molar-refractivity contribution < 1.29 is 9.59 Å². The van der Waals surface area contributed by atoms with Crippen molar-refractivity contribution in [2.75, 3.05) is 34.8 Å². The second-order valence-electron chi connectivity index (χ2n) is 9.98. The Balaban J connectivity index is 1.60. The molecule has 0 saturated heterocycles. The number of carbonyl (C=O) groups is 2. The van der Waals surface area contributed by atoms with Crippen LogP contribution in [0.2, 0.25) is 0 Å². The van der Waals surface area contributed by atoms with Crippen LogP contribution in [0.4, 0.5) is 28.4 Å². The summed E-state index contributed by atoms with van der Waals surface area (Å²) < 4.78 is 0. The number of anilines is 5. The van der Waals surface area contributed by atoms with Gasteiger partial charge in [-0.05, 0) is 73.2 Å². The van der Waals surface area contributed by atoms with E-state index in [9.17, 15) is 9.59 Å². The molecule has 5 heteroatoms. The summed E-state index contributed by atoms with van der Waals surface area (Å²) >= 11 is 0. The molecule has 0 aliphatic carbocycles. The van der Waals surface area contributed by atoms with Crippen molar-refractivity contribution in [2.45, 2.75) is 25.7 Å². The van der Waals surface area contributed by atoms with E-state index in [1.54, 1.807) is 11.9 Å². The monoisotopic (exact) mass is 501 g/mol. The van der Waals surface area contributed by atoms with Crippen LogP contribution in [0.15, 0.2) is 91.0 Å². The standard InChI is InChI=1S/C33H31N3O2/c1-34(27-15-3-2-4-16-27)33(38)31-26(23-37)19-20-30(35-21-9-13-24-11-5-7-17-28(24)35)32(31)36-22-10-14-25-12-6-8-18-29(25)36/h2-8,11-12,15-20,23H,9-10,13-14,21-22H2,1H3. The fourth-order valence-electron chi connectivity index (χ4n) is 5.90. The van der Waals surface area contributed by atoms with Gasteiger partial charge in [-0.3, -0.25) is 9.59 Å². The maximum atomic E-state index is 14.3. The quantitative estimate of drug-likeness (QED) is 0.278. The summed E-state index contributed by atoms with van der Waals surface area (Å²) in [6, 6.07) is 30.4. The largest absolute Gasteiger partial charge is 0.340 e. The van der Waals surface area contributed by atoms with Crippen LogP contribution in [0, 0.1) is 0 Å². The van der Waals surface area contributed by atoms with Gasteiger partial charge < -0.3 is 14.7 Å². The number of hydrogen-bond donors (Lipinski definition) is 0. The molecule has 0 atom stereocenters. The van der Waals surface area contributed by atoms with Gasteiger partial charge in [-0.1, -0.05) is 54.6 Å². The fourth-order valence-corrected chi connectivity index (χ4v) is 5.90. The number of rotatable bonds is 5. The van der Waals surface area contributed by atoms with Gasteiger partial charge in [0.15, 0.2) is 6.29 Å². The predicted molar refractivity (Wildman–Crippen MR) is 155 cm³/mol. The summed E-state index contributed by atoms with van der Waals surface area (Å²) in [5, 5.41) is 0. The lowest BCUT2D eigenvalue weighted by atomic mass is 9.94. The first-order valence-electron chi connectivity index (χ1n) is 13.3. The highest BCUT2D eigenvalue weighted by atomic mass is 16.2. The van der Waals surface area contributed by atoms with E-state index < -0.39 is 0 Å². The number of benzene rings is 4. The molecule has 2 aliphatic heterocycles. The van der Waals surface area contributed by atoms with E-state index in [1.165, 1.54) is 16.8 Å². The lowest BCUT2D eigenvalue weighted by molar-refractivity contribution is 0.0987. The van der Waals surface area contributed by atoms with Crippen LogP contribution in [-0.4, -0.2) is 32.3 Å². The van der Waals surface area contributed by atoms with Crippen LogP contribution < -0.4 is 14.7 Å². The second-order valence-corrected chi connectivity index (χ2v) is 9.98. The van der Waals surface area contributed by atoms with Gasteiger partial charge in [0.25, 0.3) is 5.91 Å². The van der Waals surface area contributed by atoms with Crippen molar-refractivity contribution in [1.82, 2.24) is 0 Å². The molecule has 190 valence electrons. The molecule has 0 unspecified atom stereocenters. The molecule has 0 N–H and O–H groups in total. The molecule has 0 saturated carbocycles. The van der Waals surface area contributed by atoms with Crippen molar-refractivity contribution in [3.8, 4) is 0 Å². The highest BCUT2D eigenvalue weighted by Gasteiger charge is 2.32. The predicted octanol–water partition coefficient (Wildman–Crippen LogP) is 6.94. The molecule has 2 aliphatic rings. The molecule has 1 amide bonds. The summed E-state index contributed by atoms with van der Waals surface area (Å²) in [6.07, 6.45) is 4.84. The Labute approximate surface area is 223 Å². The van der Waals surface area contributed by atoms with Gasteiger partial charge in [-0.15, -0.1) is 0 Å². The van der Waals surface area contributed by atoms with Crippen molar-refractivity contribution >= 4 is 40.6 Å². The third kappa shape index (κ3) is 4.14. The minimum Gasteiger partial charge on any atom is -0.340 e. The maximum Gasteiger partial charge on any atom is 0.260 e. The summed E-state index contributed by atoms with van der Waals surface area (Å²) in [5.41, 5.74) is 8.24. The molecular formula is C33H31N3O2. The number of amides is 1. The zero-order chi connectivity index (χ0) is 26.1. The average molecular weight is 502 g/mol. The Kier molecular flexibility index (Phi) is 6.42. The van der Waals surface area contributed by atoms with Crippen molar-refractivity contribution in [1.29, 1.82) is 0 Å². The van der Waals surface area contributed by atoms with Crippen molar-refractivity contribution in [3.05, 3.63) is 113 Å². The van der Waals surface area contributed by atoms with Crippen molar-refractivity contribution in [2.24, 2.45) is 0 Å². The van der Waals surface area contributed by atoms with E-state index >= 15 is 0 Å². The first-order chi connectivity index (χ1) is 18.7. The Bertz CT molecular complexity index is 1500. The number of fused-ring (bicyclic) bond motifs is 2. The summed E-state index contributed by atoms with van der Waals surface area (Å²) in [7, 11) is 1.78. The second kappa shape index (κ2) is 10.2. The number of carbonyl (C=O) groups excluding carboxylic acids is 2. The first-order valence-corrected chi connectivity index (χ1v) is 13.3. The van der Waals surface area contributed by atoms with Crippen molar-refractivity contribution in [3.63, 3.8) is 0 Å². The average Bonchev–Trinajstić information content (AvgIpc) is 2.99. The summed E-state index contributed by atoms with van der Waals surface area (Å²) in [6.45, 7) is 1.62. The molecule has 4 aromatic carbocycles. The SMILES string of the molecule is CN(C(=O)c1c(C=O)ccc(N2CCCc3ccccc32)c1N1CCCc2ccccc21)c1ccccc1. The highest BCUT2D eigenvalue weighted by Crippen LogP contribution is 2.46. The molecule has 6 rings (SSSR count). The van der Waals surface area contributed by atoms with E-state index in [2.05, 4.69) is 52.3 Å². The van der Waals surface area contributed by atoms with Crippen LogP contribution in [0.3, 0.4) is 0 Å². The Hall–Kier alpha value is -4.38. The Morgan fingerprint density at radius 2 is 1.29 bits per heavy atom. The molecule has 0 spiro atoms. The smallest absolute Gasteiger partial charge is 0.260 e. The summed E-state index contributed by atoms with van der Waals surface area (Å²) in [5.74, 6) is -0.191. The first kappa shape index (κ1) is 24.0.